The summed E-state index contributed by atoms with van der Waals surface area (Å²) in [6, 6.07) is 16.3. The lowest BCUT2D eigenvalue weighted by atomic mass is 9.99. The summed E-state index contributed by atoms with van der Waals surface area (Å²) in [6.07, 6.45) is -0.416. The molecule has 0 aliphatic carbocycles. The molecule has 0 saturated heterocycles. The van der Waals surface area contributed by atoms with Crippen molar-refractivity contribution in [2.45, 2.75) is 20.3 Å². The van der Waals surface area contributed by atoms with Gasteiger partial charge in [-0.2, -0.15) is 0 Å². The van der Waals surface area contributed by atoms with Crippen LogP contribution in [0.1, 0.15) is 50.1 Å². The molecular weight excluding hydrogens is 461 g/mol. The maximum Gasteiger partial charge on any atom is 0.174 e. The Bertz CT molecular complexity index is 1420. The molecule has 0 atom stereocenters. The van der Waals surface area contributed by atoms with Crippen LogP contribution in [-0.4, -0.2) is 27.0 Å². The number of carbonyl (C=O) groups is 3. The van der Waals surface area contributed by atoms with Crippen LogP contribution in [-0.2, 0) is 0 Å². The van der Waals surface area contributed by atoms with E-state index in [-0.39, 0.29) is 22.9 Å². The largest absolute Gasteiger partial charge is 0.507 e. The van der Waals surface area contributed by atoms with E-state index in [1.807, 2.05) is 4.57 Å². The maximum atomic E-state index is 13.0. The number of halogens is 2. The highest BCUT2D eigenvalue weighted by Gasteiger charge is 2.23. The molecule has 33 heavy (non-hydrogen) atoms. The van der Waals surface area contributed by atoms with Gasteiger partial charge in [0.05, 0.1) is 17.5 Å². The van der Waals surface area contributed by atoms with Crippen LogP contribution in [0.3, 0.4) is 0 Å². The number of rotatable bonds is 6. The van der Waals surface area contributed by atoms with E-state index in [1.54, 1.807) is 55.5 Å². The third-order valence-electron chi connectivity index (χ3n) is 5.55. The SMILES string of the molecule is CC(=O)c1c(C)n(-c2ccc(Cl)cc2)c2cc(C(=O)CC(=O)c3ccc(Cl)cc3)c(O)cc12. The molecule has 3 aromatic carbocycles. The Morgan fingerprint density at radius 1 is 0.879 bits per heavy atom. The number of benzene rings is 3. The zero-order chi connectivity index (χ0) is 23.9. The van der Waals surface area contributed by atoms with Crippen LogP contribution in [0.15, 0.2) is 60.7 Å². The summed E-state index contributed by atoms with van der Waals surface area (Å²) in [4.78, 5) is 38.0. The Kier molecular flexibility index (Phi) is 6.11. The van der Waals surface area contributed by atoms with Crippen molar-refractivity contribution in [1.29, 1.82) is 0 Å². The molecule has 0 unspecified atom stereocenters. The van der Waals surface area contributed by atoms with Gasteiger partial charge in [0.25, 0.3) is 0 Å². The fourth-order valence-electron chi connectivity index (χ4n) is 4.02. The quantitative estimate of drug-likeness (QED) is 0.249. The van der Waals surface area contributed by atoms with Gasteiger partial charge < -0.3 is 9.67 Å². The molecule has 4 rings (SSSR count). The number of phenolic OH excluding ortho intramolecular Hbond substituents is 1. The Morgan fingerprint density at radius 3 is 2.03 bits per heavy atom. The first-order chi connectivity index (χ1) is 15.7. The molecule has 166 valence electrons. The van der Waals surface area contributed by atoms with Gasteiger partial charge in [-0.3, -0.25) is 14.4 Å². The Balaban J connectivity index is 1.82. The van der Waals surface area contributed by atoms with E-state index in [1.165, 1.54) is 19.1 Å². The van der Waals surface area contributed by atoms with Crippen LogP contribution in [0.4, 0.5) is 0 Å². The number of nitrogens with zero attached hydrogens (tertiary/aromatic N) is 1. The summed E-state index contributed by atoms with van der Waals surface area (Å²) in [7, 11) is 0. The highest BCUT2D eigenvalue weighted by atomic mass is 35.5. The Morgan fingerprint density at radius 2 is 1.45 bits per heavy atom. The smallest absolute Gasteiger partial charge is 0.174 e. The second-order valence-electron chi connectivity index (χ2n) is 7.74. The van der Waals surface area contributed by atoms with Gasteiger partial charge in [0.1, 0.15) is 5.75 Å². The molecule has 4 aromatic rings. The minimum absolute atomic E-state index is 0.00706. The van der Waals surface area contributed by atoms with E-state index < -0.39 is 12.2 Å². The molecule has 0 saturated carbocycles. The molecule has 0 radical (unpaired) electrons. The normalized spacial score (nSPS) is 11.0. The standard InChI is InChI=1S/C26H19Cl2NO4/c1-14-26(15(2)30)20-12-24(32)21(11-22(20)29(14)19-9-7-18(28)8-10-19)25(33)13-23(31)16-3-5-17(27)6-4-16/h3-12,32H,13H2,1-2H3. The molecule has 0 aliphatic heterocycles. The lowest BCUT2D eigenvalue weighted by molar-refractivity contribution is 0.0892. The average Bonchev–Trinajstić information content (AvgIpc) is 3.05. The number of phenols is 1. The van der Waals surface area contributed by atoms with Gasteiger partial charge in [0.15, 0.2) is 17.3 Å². The van der Waals surface area contributed by atoms with Crippen molar-refractivity contribution in [3.8, 4) is 11.4 Å². The first-order valence-corrected chi connectivity index (χ1v) is 10.9. The van der Waals surface area contributed by atoms with Crippen molar-refractivity contribution < 1.29 is 19.5 Å². The van der Waals surface area contributed by atoms with E-state index in [4.69, 9.17) is 23.2 Å². The second-order valence-corrected chi connectivity index (χ2v) is 8.62. The molecule has 7 heteroatoms. The molecule has 1 N–H and O–H groups in total. The fraction of sp³-hybridized carbons (Fsp3) is 0.115. The van der Waals surface area contributed by atoms with Crippen molar-refractivity contribution >= 4 is 51.5 Å². The van der Waals surface area contributed by atoms with E-state index >= 15 is 0 Å². The molecule has 1 heterocycles. The number of aromatic hydroxyl groups is 1. The third kappa shape index (κ3) is 4.30. The van der Waals surface area contributed by atoms with Gasteiger partial charge in [-0.25, -0.2) is 0 Å². The van der Waals surface area contributed by atoms with E-state index in [9.17, 15) is 19.5 Å². The number of carbonyl (C=O) groups excluding carboxylic acids is 3. The predicted octanol–water partition coefficient (Wildman–Crippen LogP) is 6.61. The first-order valence-electron chi connectivity index (χ1n) is 10.1. The highest BCUT2D eigenvalue weighted by molar-refractivity contribution is 6.31. The highest BCUT2D eigenvalue weighted by Crippen LogP contribution is 2.35. The van der Waals surface area contributed by atoms with Crippen molar-refractivity contribution in [1.82, 2.24) is 4.57 Å². The summed E-state index contributed by atoms with van der Waals surface area (Å²) in [6.45, 7) is 3.25. The predicted molar refractivity (Wildman–Crippen MR) is 129 cm³/mol. The molecule has 0 spiro atoms. The second kappa shape index (κ2) is 8.85. The van der Waals surface area contributed by atoms with Crippen molar-refractivity contribution in [2.24, 2.45) is 0 Å². The summed E-state index contributed by atoms with van der Waals surface area (Å²) < 4.78 is 1.83. The number of hydrogen-bond acceptors (Lipinski definition) is 4. The maximum absolute atomic E-state index is 13.0. The van der Waals surface area contributed by atoms with Crippen LogP contribution in [0.5, 0.6) is 5.75 Å². The summed E-state index contributed by atoms with van der Waals surface area (Å²) in [5.41, 5.74) is 2.79. The summed E-state index contributed by atoms with van der Waals surface area (Å²) in [5, 5.41) is 12.2. The van der Waals surface area contributed by atoms with Crippen molar-refractivity contribution in [2.75, 3.05) is 0 Å². The van der Waals surface area contributed by atoms with Crippen LogP contribution in [0.2, 0.25) is 10.0 Å². The van der Waals surface area contributed by atoms with Gasteiger partial charge in [-0.05, 0) is 74.5 Å². The fourth-order valence-corrected chi connectivity index (χ4v) is 4.27. The number of Topliss-reactive ketones (excluding diaryl/α,β-unsaturated/α-hetero) is 3. The molecule has 1 aromatic heterocycles. The Labute approximate surface area is 200 Å². The molecule has 5 nitrogen and oxygen atoms in total. The number of aromatic nitrogens is 1. The van der Waals surface area contributed by atoms with Crippen LogP contribution >= 0.6 is 23.2 Å². The van der Waals surface area contributed by atoms with E-state index in [2.05, 4.69) is 0 Å². The van der Waals surface area contributed by atoms with Gasteiger partial charge in [0, 0.05) is 37.9 Å². The van der Waals surface area contributed by atoms with Gasteiger partial charge in [-0.15, -0.1) is 0 Å². The summed E-state index contributed by atoms with van der Waals surface area (Å²) >= 11 is 11.9. The van der Waals surface area contributed by atoms with Gasteiger partial charge >= 0.3 is 0 Å². The molecule has 0 aliphatic rings. The summed E-state index contributed by atoms with van der Waals surface area (Å²) in [5.74, 6) is -1.36. The van der Waals surface area contributed by atoms with Crippen molar-refractivity contribution in [3.63, 3.8) is 0 Å². The third-order valence-corrected chi connectivity index (χ3v) is 6.05. The molecule has 0 amide bonds. The zero-order valence-corrected chi connectivity index (χ0v) is 19.4. The van der Waals surface area contributed by atoms with E-state index in [0.29, 0.717) is 37.8 Å². The number of hydrogen-bond donors (Lipinski definition) is 1. The zero-order valence-electron chi connectivity index (χ0n) is 17.9. The first kappa shape index (κ1) is 22.8. The molecule has 0 fully saturated rings. The van der Waals surface area contributed by atoms with Gasteiger partial charge in [0.2, 0.25) is 0 Å². The van der Waals surface area contributed by atoms with E-state index in [0.717, 1.165) is 5.69 Å². The number of fused-ring (bicyclic) bond motifs is 1. The van der Waals surface area contributed by atoms with Crippen LogP contribution in [0, 0.1) is 6.92 Å². The van der Waals surface area contributed by atoms with Gasteiger partial charge in [-0.1, -0.05) is 23.2 Å². The Hall–Kier alpha value is -3.41. The average molecular weight is 480 g/mol. The monoisotopic (exact) mass is 479 g/mol. The molecular formula is C26H19Cl2NO4. The lowest BCUT2D eigenvalue weighted by Gasteiger charge is -2.10. The minimum Gasteiger partial charge on any atom is -0.507 e. The van der Waals surface area contributed by atoms with Crippen LogP contribution < -0.4 is 0 Å². The topological polar surface area (TPSA) is 76.4 Å². The minimum atomic E-state index is -0.528. The van der Waals surface area contributed by atoms with Crippen LogP contribution in [0.25, 0.3) is 16.6 Å². The van der Waals surface area contributed by atoms with Crippen molar-refractivity contribution in [3.05, 3.63) is 93.1 Å². The number of ketones is 3. The molecule has 0 bridgehead atoms. The lowest BCUT2D eigenvalue weighted by Crippen LogP contribution is -2.09.